The smallest absolute Gasteiger partial charge is 0.269 e. The van der Waals surface area contributed by atoms with E-state index in [2.05, 4.69) is 67.0 Å². The van der Waals surface area contributed by atoms with Gasteiger partial charge >= 0.3 is 0 Å². The SMILES string of the molecule is CCO.CCO.CN1CCC(=O)CC1.CN1CCC(C2C(=O)Nc3ccc(N)cc32)CC1.CN1CCC(C2C(=O)Nc3ccc(N=C(N)c4cccs4)cc32)CC1.CN1CCC(C2C(=O)Nc3ccc([N+](=O)[O-])cc32)CC1.I.NC(=S)c1cccs1.O=C1Cc2cc([N+](=O)[O-])ccc2N1. The van der Waals surface area contributed by atoms with Crippen LogP contribution in [0.1, 0.15) is 115 Å². The first-order valence-electron chi connectivity index (χ1n) is 32.9. The normalized spacial score (nSPS) is 19.7. The number of hydrogen-bond acceptors (Lipinski definition) is 20. The van der Waals surface area contributed by atoms with Gasteiger partial charge in [-0.15, -0.1) is 46.7 Å². The quantitative estimate of drug-likeness (QED) is 0.0130. The zero-order valence-electron chi connectivity index (χ0n) is 56.9. The highest BCUT2D eigenvalue weighted by Gasteiger charge is 2.41. The number of nitro benzene ring substituents is 2. The lowest BCUT2D eigenvalue weighted by molar-refractivity contribution is -0.385. The van der Waals surface area contributed by atoms with Crippen molar-refractivity contribution >= 4 is 145 Å². The molecule has 534 valence electrons. The largest absolute Gasteiger partial charge is 0.399 e. The van der Waals surface area contributed by atoms with Crippen molar-refractivity contribution in [3.8, 4) is 0 Å². The lowest BCUT2D eigenvalue weighted by atomic mass is 9.81. The van der Waals surface area contributed by atoms with Gasteiger partial charge < -0.3 is 68.3 Å². The number of nitro groups is 2. The van der Waals surface area contributed by atoms with Gasteiger partial charge in [0, 0.05) is 91.8 Å². The first kappa shape index (κ1) is 80.3. The maximum absolute atomic E-state index is 12.5. The molecular weight excluding hydrogens is 1440 g/mol. The molecule has 12 N–H and O–H groups in total. The molecule has 6 aromatic rings. The molecule has 0 radical (unpaired) electrons. The lowest BCUT2D eigenvalue weighted by Gasteiger charge is -2.31. The summed E-state index contributed by atoms with van der Waals surface area (Å²) >= 11 is 7.84. The minimum absolute atomic E-state index is 0. The molecule has 99 heavy (non-hydrogen) atoms. The minimum Gasteiger partial charge on any atom is -0.399 e. The van der Waals surface area contributed by atoms with Crippen LogP contribution in [0.15, 0.2) is 113 Å². The Kier molecular flexibility index (Phi) is 31.9. The number of aliphatic imine (C=N–C) groups is 1. The van der Waals surface area contributed by atoms with Crippen molar-refractivity contribution in [2.24, 2.45) is 34.2 Å². The number of benzene rings is 4. The number of nitrogens with one attached hydrogen (secondary N) is 4. The van der Waals surface area contributed by atoms with E-state index in [4.69, 9.17) is 39.6 Å². The van der Waals surface area contributed by atoms with E-state index in [1.807, 2.05) is 78.5 Å². The third-order valence-corrected chi connectivity index (χ3v) is 20.1. The summed E-state index contributed by atoms with van der Waals surface area (Å²) in [5, 5.41) is 51.8. The van der Waals surface area contributed by atoms with Crippen LogP contribution in [0.3, 0.4) is 0 Å². The van der Waals surface area contributed by atoms with E-state index < -0.39 is 9.85 Å². The predicted octanol–water partition coefficient (Wildman–Crippen LogP) is 10.1. The fourth-order valence-electron chi connectivity index (χ4n) is 12.8. The first-order valence-corrected chi connectivity index (χ1v) is 35.1. The van der Waals surface area contributed by atoms with Crippen LogP contribution in [-0.4, -0.2) is 174 Å². The summed E-state index contributed by atoms with van der Waals surface area (Å²) in [6.45, 7) is 12.0. The van der Waals surface area contributed by atoms with Crippen LogP contribution in [0.25, 0.3) is 0 Å². The molecule has 4 fully saturated rings. The number of nitrogen functional groups attached to an aromatic ring is 1. The maximum Gasteiger partial charge on any atom is 0.269 e. The van der Waals surface area contributed by atoms with Gasteiger partial charge in [0.25, 0.3) is 11.4 Å². The number of fused-ring (bicyclic) bond motifs is 4. The van der Waals surface area contributed by atoms with Gasteiger partial charge in [0.2, 0.25) is 23.6 Å². The number of carbonyl (C=O) groups is 5. The maximum atomic E-state index is 12.5. The lowest BCUT2D eigenvalue weighted by Crippen LogP contribution is -2.34. The van der Waals surface area contributed by atoms with E-state index in [0.29, 0.717) is 39.7 Å². The zero-order valence-corrected chi connectivity index (χ0v) is 61.6. The number of thiocarbonyl (C=S) groups is 1. The number of carbonyl (C=O) groups excluding carboxylic acids is 5. The Bertz CT molecular complexity index is 3730. The molecule has 8 aliphatic heterocycles. The van der Waals surface area contributed by atoms with Crippen molar-refractivity contribution < 1.29 is 44.0 Å². The standard InChI is InChI=1S/C19H22N4OS.C14H17N3O3.C14H19N3O.C8H6N2O3.C6H11NO.C5H5NS2.2C2H6O.HI/c1-23-8-6-12(7-9-23)17-14-11-13(4-5-15(14)22-19(17)24)21-18(20)16-3-2-10-25-16;1-16-6-4-9(5-7-16)13-11-8-10(17(19)20)2-3-12(11)15-14(13)18;1-17-6-4-9(5-7-17)13-11-8-10(15)2-3-12(11)16-14(13)18;11-8-4-5-3-6(10(12)13)1-2-7(5)9-8;1-7-4-2-6(8)3-5-7;6-5(7)4-2-1-3-8-4;2*1-2-3;/h2-5,10-12,17H,6-9H2,1H3,(H2,20,21)(H,22,24);2-3,8-9,13H,4-7H2,1H3,(H,15,18);2-3,8-9,13H,4-7,15H2,1H3,(H,16,18);1-3H,4H2,(H,9,11);2-5H2,1H3;1-3H,(H2,6,7);2*3H,2H2,1H3;1H. The fourth-order valence-corrected chi connectivity index (χ4v) is 14.2. The summed E-state index contributed by atoms with van der Waals surface area (Å²) in [5.41, 5.74) is 25.8. The molecule has 0 aliphatic carbocycles. The molecular formula is C70H93IN14O11S3. The number of non-ortho nitro benzene ring substituents is 2. The van der Waals surface area contributed by atoms with E-state index in [1.54, 1.807) is 54.7 Å². The molecule has 4 aromatic carbocycles. The average Bonchev–Trinajstić information content (AvgIpc) is 1.66. The van der Waals surface area contributed by atoms with Gasteiger partial charge in [-0.2, -0.15) is 0 Å². The third kappa shape index (κ3) is 23.2. The molecule has 14 rings (SSSR count). The second kappa shape index (κ2) is 39.3. The molecule has 10 heterocycles. The number of nitrogens with two attached hydrogens (primary N) is 3. The number of nitrogens with zero attached hydrogens (tertiary/aromatic N) is 7. The number of likely N-dealkylation sites (tertiary alicyclic amines) is 4. The second-order valence-corrected chi connectivity index (χ2v) is 27.4. The van der Waals surface area contributed by atoms with E-state index in [1.165, 1.54) is 18.2 Å². The van der Waals surface area contributed by atoms with Gasteiger partial charge in [-0.3, -0.25) is 44.2 Å². The predicted molar refractivity (Wildman–Crippen MR) is 408 cm³/mol. The number of piperidine rings is 4. The number of amidine groups is 1. The molecule has 25 nitrogen and oxygen atoms in total. The summed E-state index contributed by atoms with van der Waals surface area (Å²) in [4.78, 5) is 94.9. The van der Waals surface area contributed by atoms with Gasteiger partial charge in [-0.25, -0.2) is 4.99 Å². The number of amides is 4. The molecule has 3 atom stereocenters. The Hall–Kier alpha value is -7.72. The Balaban J connectivity index is 0.000000191. The third-order valence-electron chi connectivity index (χ3n) is 17.9. The molecule has 0 saturated carbocycles. The highest BCUT2D eigenvalue weighted by molar-refractivity contribution is 14.0. The first-order chi connectivity index (χ1) is 46.9. The van der Waals surface area contributed by atoms with Crippen LogP contribution in [0.2, 0.25) is 0 Å². The Morgan fingerprint density at radius 1 is 0.556 bits per heavy atom. The van der Waals surface area contributed by atoms with Gasteiger partial charge in [0.15, 0.2) is 0 Å². The van der Waals surface area contributed by atoms with E-state index >= 15 is 0 Å². The Labute approximate surface area is 608 Å². The molecule has 3 unspecified atom stereocenters. The molecule has 0 spiro atoms. The van der Waals surface area contributed by atoms with Crippen LogP contribution in [0, 0.1) is 38.0 Å². The number of aliphatic hydroxyl groups is 2. The van der Waals surface area contributed by atoms with Gasteiger partial charge in [0.1, 0.15) is 16.6 Å². The van der Waals surface area contributed by atoms with Crippen LogP contribution < -0.4 is 38.5 Å². The number of hydrogen-bond donors (Lipinski definition) is 9. The number of anilines is 5. The van der Waals surface area contributed by atoms with Crippen molar-refractivity contribution in [1.82, 2.24) is 19.6 Å². The van der Waals surface area contributed by atoms with Gasteiger partial charge in [-0.05, 0) is 231 Å². The van der Waals surface area contributed by atoms with Crippen molar-refractivity contribution in [3.05, 3.63) is 160 Å². The molecule has 4 saturated heterocycles. The minimum atomic E-state index is -0.469. The van der Waals surface area contributed by atoms with Crippen molar-refractivity contribution in [1.29, 1.82) is 0 Å². The second-order valence-electron chi connectivity index (χ2n) is 25.1. The van der Waals surface area contributed by atoms with Crippen LogP contribution >= 0.6 is 58.9 Å². The van der Waals surface area contributed by atoms with E-state index in [-0.39, 0.29) is 102 Å². The summed E-state index contributed by atoms with van der Waals surface area (Å²) < 4.78 is 0. The van der Waals surface area contributed by atoms with Crippen molar-refractivity contribution in [2.75, 3.05) is 121 Å². The topological polar surface area (TPSA) is 364 Å². The molecule has 2 aromatic heterocycles. The van der Waals surface area contributed by atoms with Crippen LogP contribution in [-0.2, 0) is 30.4 Å². The number of aliphatic hydroxyl groups excluding tert-OH is 2. The summed E-state index contributed by atoms with van der Waals surface area (Å²) in [6.07, 6.45) is 7.95. The highest BCUT2D eigenvalue weighted by Crippen LogP contribution is 2.45. The monoisotopic (exact) mass is 1530 g/mol. The molecule has 4 amide bonds. The number of halogens is 1. The van der Waals surface area contributed by atoms with Crippen molar-refractivity contribution in [3.63, 3.8) is 0 Å². The zero-order chi connectivity index (χ0) is 71.2. The Morgan fingerprint density at radius 3 is 1.34 bits per heavy atom. The summed E-state index contributed by atoms with van der Waals surface area (Å²) in [6, 6.07) is 28.3. The van der Waals surface area contributed by atoms with Gasteiger partial charge in [0.05, 0.1) is 49.5 Å². The molecule has 8 aliphatic rings. The summed E-state index contributed by atoms with van der Waals surface area (Å²) in [5.74, 6) is 1.88. The molecule has 29 heteroatoms. The number of rotatable bonds is 8. The Morgan fingerprint density at radius 2 is 0.939 bits per heavy atom. The van der Waals surface area contributed by atoms with Crippen LogP contribution in [0.5, 0.6) is 0 Å². The van der Waals surface area contributed by atoms with Gasteiger partial charge in [-0.1, -0.05) is 24.4 Å². The summed E-state index contributed by atoms with van der Waals surface area (Å²) in [7, 11) is 8.39. The van der Waals surface area contributed by atoms with E-state index in [9.17, 15) is 44.2 Å². The highest BCUT2D eigenvalue weighted by atomic mass is 127. The van der Waals surface area contributed by atoms with Crippen LogP contribution in [0.4, 0.5) is 45.5 Å². The number of thiophene rings is 2. The molecule has 0 bridgehead atoms. The fraction of sp³-hybridized carbons (Fsp3) is 0.443. The number of Topliss-reactive ketones (excluding diaryl/α,β-unsaturated/α-hetero) is 1. The van der Waals surface area contributed by atoms with E-state index in [0.717, 1.165) is 159 Å². The van der Waals surface area contributed by atoms with Crippen molar-refractivity contribution in [2.45, 2.75) is 89.4 Å². The average molecular weight is 1530 g/mol. The number of ketones is 1.